The number of aromatic nitrogens is 2. The van der Waals surface area contributed by atoms with Crippen molar-refractivity contribution in [1.82, 2.24) is 15.1 Å². The normalized spacial score (nSPS) is 24.1. The molecule has 1 aliphatic heterocycles. The van der Waals surface area contributed by atoms with Crippen LogP contribution in [-0.4, -0.2) is 40.6 Å². The molecule has 18 heavy (non-hydrogen) atoms. The Balaban J connectivity index is 2.05. The Hall–Kier alpha value is -1.17. The third-order valence-electron chi connectivity index (χ3n) is 3.09. The van der Waals surface area contributed by atoms with Crippen molar-refractivity contribution in [1.29, 1.82) is 0 Å². The Bertz CT molecular complexity index is 410. The lowest BCUT2D eigenvalue weighted by molar-refractivity contribution is 0.0622. The van der Waals surface area contributed by atoms with Crippen LogP contribution in [-0.2, 0) is 0 Å². The van der Waals surface area contributed by atoms with Crippen molar-refractivity contribution in [2.24, 2.45) is 11.8 Å². The van der Waals surface area contributed by atoms with Crippen LogP contribution in [0.5, 0.6) is 0 Å². The molecule has 2 heterocycles. The summed E-state index contributed by atoms with van der Waals surface area (Å²) in [5.41, 5.74) is 0. The number of hydrogen-bond acceptors (Lipinski definition) is 5. The first-order chi connectivity index (χ1) is 8.60. The quantitative estimate of drug-likeness (QED) is 0.912. The average Bonchev–Trinajstić information content (AvgIpc) is 2.76. The summed E-state index contributed by atoms with van der Waals surface area (Å²) in [5, 5.41) is 12.2. The summed E-state index contributed by atoms with van der Waals surface area (Å²) in [7, 11) is 0. The van der Waals surface area contributed by atoms with Gasteiger partial charge in [-0.15, -0.1) is 10.2 Å². The van der Waals surface area contributed by atoms with E-state index in [-0.39, 0.29) is 5.91 Å². The fourth-order valence-corrected chi connectivity index (χ4v) is 3.28. The van der Waals surface area contributed by atoms with Gasteiger partial charge in [0.2, 0.25) is 10.1 Å². The van der Waals surface area contributed by atoms with Crippen LogP contribution in [0.2, 0.25) is 0 Å². The maximum Gasteiger partial charge on any atom is 0.284 e. The van der Waals surface area contributed by atoms with Crippen LogP contribution in [0.25, 0.3) is 0 Å². The monoisotopic (exact) mass is 268 g/mol. The molecule has 2 rings (SSSR count). The predicted molar refractivity (Wildman–Crippen MR) is 72.9 cm³/mol. The number of amides is 1. The van der Waals surface area contributed by atoms with Crippen molar-refractivity contribution in [3.63, 3.8) is 0 Å². The van der Waals surface area contributed by atoms with E-state index in [0.717, 1.165) is 24.8 Å². The molecule has 0 bridgehead atoms. The highest BCUT2D eigenvalue weighted by Gasteiger charge is 2.28. The van der Waals surface area contributed by atoms with E-state index in [0.29, 0.717) is 16.8 Å². The minimum atomic E-state index is 0.0232. The lowest BCUT2D eigenvalue weighted by Crippen LogP contribution is -2.42. The molecule has 0 radical (unpaired) electrons. The van der Waals surface area contributed by atoms with E-state index in [1.165, 1.54) is 17.8 Å². The van der Waals surface area contributed by atoms with Crippen LogP contribution in [0.3, 0.4) is 0 Å². The van der Waals surface area contributed by atoms with Gasteiger partial charge in [-0.05, 0) is 25.2 Å². The smallest absolute Gasteiger partial charge is 0.284 e. The third-order valence-corrected chi connectivity index (χ3v) is 3.96. The molecule has 100 valence electrons. The Labute approximate surface area is 112 Å². The fraction of sp³-hybridized carbons (Fsp3) is 0.750. The first kappa shape index (κ1) is 13.3. The van der Waals surface area contributed by atoms with Crippen LogP contribution in [0.1, 0.15) is 37.0 Å². The van der Waals surface area contributed by atoms with Gasteiger partial charge in [-0.2, -0.15) is 0 Å². The average molecular weight is 268 g/mol. The Morgan fingerprint density at radius 2 is 2.06 bits per heavy atom. The molecule has 1 aromatic heterocycles. The molecule has 2 unspecified atom stereocenters. The molecule has 0 aliphatic carbocycles. The summed E-state index contributed by atoms with van der Waals surface area (Å²) in [6.07, 6.45) is 1.20. The predicted octanol–water partition coefficient (Wildman–Crippen LogP) is 2.09. The molecule has 0 aromatic carbocycles. The second-order valence-electron chi connectivity index (χ2n) is 5.10. The van der Waals surface area contributed by atoms with Crippen LogP contribution in [0.15, 0.2) is 0 Å². The molecule has 6 heteroatoms. The van der Waals surface area contributed by atoms with Gasteiger partial charge in [-0.1, -0.05) is 25.2 Å². The number of nitrogens with one attached hydrogen (secondary N) is 1. The highest BCUT2D eigenvalue weighted by atomic mass is 32.1. The maximum absolute atomic E-state index is 12.3. The van der Waals surface area contributed by atoms with E-state index in [2.05, 4.69) is 29.4 Å². The molecule has 5 nitrogen and oxygen atoms in total. The third kappa shape index (κ3) is 2.98. The van der Waals surface area contributed by atoms with Crippen molar-refractivity contribution < 1.29 is 4.79 Å². The van der Waals surface area contributed by atoms with Gasteiger partial charge < -0.3 is 10.2 Å². The minimum Gasteiger partial charge on any atom is -0.360 e. The summed E-state index contributed by atoms with van der Waals surface area (Å²) in [4.78, 5) is 14.2. The van der Waals surface area contributed by atoms with Gasteiger partial charge in [0.05, 0.1) is 0 Å². The Kier molecular flexibility index (Phi) is 4.16. The molecule has 1 saturated heterocycles. The van der Waals surface area contributed by atoms with Crippen molar-refractivity contribution in [2.45, 2.75) is 27.2 Å². The molecule has 0 saturated carbocycles. The van der Waals surface area contributed by atoms with E-state index < -0.39 is 0 Å². The van der Waals surface area contributed by atoms with Crippen LogP contribution in [0.4, 0.5) is 5.13 Å². The van der Waals surface area contributed by atoms with Crippen molar-refractivity contribution >= 4 is 22.4 Å². The molecular formula is C12H20N4OS. The van der Waals surface area contributed by atoms with E-state index in [4.69, 9.17) is 0 Å². The van der Waals surface area contributed by atoms with Gasteiger partial charge in [-0.25, -0.2) is 0 Å². The largest absolute Gasteiger partial charge is 0.360 e. The summed E-state index contributed by atoms with van der Waals surface area (Å²) in [6.45, 7) is 8.84. The van der Waals surface area contributed by atoms with Crippen LogP contribution in [0, 0.1) is 11.8 Å². The van der Waals surface area contributed by atoms with E-state index in [9.17, 15) is 4.79 Å². The van der Waals surface area contributed by atoms with E-state index in [1.54, 1.807) is 0 Å². The number of carbonyl (C=O) groups excluding carboxylic acids is 1. The zero-order valence-corrected chi connectivity index (χ0v) is 12.0. The molecule has 0 spiro atoms. The van der Waals surface area contributed by atoms with Crippen molar-refractivity contribution in [3.8, 4) is 0 Å². The van der Waals surface area contributed by atoms with E-state index in [1.807, 2.05) is 11.8 Å². The fourth-order valence-electron chi connectivity index (χ4n) is 2.50. The van der Waals surface area contributed by atoms with Gasteiger partial charge in [0.15, 0.2) is 0 Å². The van der Waals surface area contributed by atoms with Crippen LogP contribution >= 0.6 is 11.3 Å². The first-order valence-corrected chi connectivity index (χ1v) is 7.28. The van der Waals surface area contributed by atoms with Crippen molar-refractivity contribution in [3.05, 3.63) is 5.01 Å². The SMILES string of the molecule is CCNc1nnc(C(=O)N2CC(C)CC(C)C2)s1. The molecule has 1 aromatic rings. The number of nitrogens with zero attached hydrogens (tertiary/aromatic N) is 3. The maximum atomic E-state index is 12.3. The number of likely N-dealkylation sites (tertiary alicyclic amines) is 1. The topological polar surface area (TPSA) is 58.1 Å². The standard InChI is InChI=1S/C12H20N4OS/c1-4-13-12-15-14-10(18-12)11(17)16-6-8(2)5-9(3)7-16/h8-9H,4-7H2,1-3H3,(H,13,15). The summed E-state index contributed by atoms with van der Waals surface area (Å²) >= 11 is 1.34. The number of rotatable bonds is 3. The molecule has 1 amide bonds. The zero-order valence-electron chi connectivity index (χ0n) is 11.1. The molecular weight excluding hydrogens is 248 g/mol. The van der Waals surface area contributed by atoms with Crippen LogP contribution < -0.4 is 5.32 Å². The molecule has 1 aliphatic rings. The Morgan fingerprint density at radius 3 is 2.67 bits per heavy atom. The summed E-state index contributed by atoms with van der Waals surface area (Å²) < 4.78 is 0. The first-order valence-electron chi connectivity index (χ1n) is 6.46. The number of carbonyl (C=O) groups is 1. The van der Waals surface area contributed by atoms with Gasteiger partial charge in [0.1, 0.15) is 0 Å². The van der Waals surface area contributed by atoms with Gasteiger partial charge in [0, 0.05) is 19.6 Å². The molecule has 1 fully saturated rings. The highest BCUT2D eigenvalue weighted by molar-refractivity contribution is 7.17. The van der Waals surface area contributed by atoms with Gasteiger partial charge >= 0.3 is 0 Å². The lowest BCUT2D eigenvalue weighted by atomic mass is 9.92. The zero-order chi connectivity index (χ0) is 13.1. The molecule has 1 N–H and O–H groups in total. The minimum absolute atomic E-state index is 0.0232. The van der Waals surface area contributed by atoms with Gasteiger partial charge in [-0.3, -0.25) is 4.79 Å². The highest BCUT2D eigenvalue weighted by Crippen LogP contribution is 2.24. The van der Waals surface area contributed by atoms with E-state index >= 15 is 0 Å². The number of anilines is 1. The lowest BCUT2D eigenvalue weighted by Gasteiger charge is -2.34. The second-order valence-corrected chi connectivity index (χ2v) is 6.08. The number of piperidine rings is 1. The second kappa shape index (κ2) is 5.65. The number of hydrogen-bond donors (Lipinski definition) is 1. The van der Waals surface area contributed by atoms with Crippen molar-refractivity contribution in [2.75, 3.05) is 25.0 Å². The molecule has 2 atom stereocenters. The summed E-state index contributed by atoms with van der Waals surface area (Å²) in [6, 6.07) is 0. The van der Waals surface area contributed by atoms with Gasteiger partial charge in [0.25, 0.3) is 5.91 Å². The Morgan fingerprint density at radius 1 is 1.39 bits per heavy atom. The summed E-state index contributed by atoms with van der Waals surface area (Å²) in [5.74, 6) is 1.16.